The Morgan fingerprint density at radius 2 is 2.00 bits per heavy atom. The Bertz CT molecular complexity index is 595. The predicted octanol–water partition coefficient (Wildman–Crippen LogP) is 3.90. The van der Waals surface area contributed by atoms with E-state index in [1.54, 1.807) is 6.07 Å². The Hall–Kier alpha value is -2.03. The van der Waals surface area contributed by atoms with Crippen molar-refractivity contribution >= 4 is 11.4 Å². The standard InChI is InChI=1S/C16H17FN2/c17-12-8-9-14(18)16(10-12)19-15-7-3-5-11-4-1-2-6-13(11)15/h1-2,4,6,8-10,15,19H,3,5,7,18H2. The summed E-state index contributed by atoms with van der Waals surface area (Å²) in [5.74, 6) is -0.263. The fourth-order valence-electron chi connectivity index (χ4n) is 2.75. The number of anilines is 2. The lowest BCUT2D eigenvalue weighted by molar-refractivity contribution is 0.598. The summed E-state index contributed by atoms with van der Waals surface area (Å²) in [4.78, 5) is 0. The molecule has 0 spiro atoms. The third-order valence-corrected chi connectivity index (χ3v) is 3.71. The third kappa shape index (κ3) is 2.41. The molecule has 0 fully saturated rings. The Morgan fingerprint density at radius 1 is 1.16 bits per heavy atom. The molecule has 1 unspecified atom stereocenters. The van der Waals surface area contributed by atoms with Crippen LogP contribution in [0, 0.1) is 5.82 Å². The zero-order chi connectivity index (χ0) is 13.2. The van der Waals surface area contributed by atoms with Gasteiger partial charge in [-0.1, -0.05) is 24.3 Å². The van der Waals surface area contributed by atoms with Crippen molar-refractivity contribution in [1.29, 1.82) is 0 Å². The first-order valence-corrected chi connectivity index (χ1v) is 6.63. The van der Waals surface area contributed by atoms with Gasteiger partial charge in [0.1, 0.15) is 5.82 Å². The molecule has 0 aliphatic heterocycles. The molecule has 0 saturated carbocycles. The van der Waals surface area contributed by atoms with Gasteiger partial charge >= 0.3 is 0 Å². The topological polar surface area (TPSA) is 38.0 Å². The van der Waals surface area contributed by atoms with E-state index in [1.165, 1.54) is 23.3 Å². The number of hydrogen-bond acceptors (Lipinski definition) is 2. The Labute approximate surface area is 112 Å². The van der Waals surface area contributed by atoms with E-state index in [2.05, 4.69) is 23.5 Å². The minimum absolute atomic E-state index is 0.217. The van der Waals surface area contributed by atoms with E-state index < -0.39 is 0 Å². The highest BCUT2D eigenvalue weighted by Gasteiger charge is 2.20. The minimum Gasteiger partial charge on any atom is -0.397 e. The molecule has 0 radical (unpaired) electrons. The number of nitrogens with two attached hydrogens (primary N) is 1. The van der Waals surface area contributed by atoms with Crippen LogP contribution in [-0.2, 0) is 6.42 Å². The van der Waals surface area contributed by atoms with Crippen molar-refractivity contribution in [2.45, 2.75) is 25.3 Å². The highest BCUT2D eigenvalue weighted by atomic mass is 19.1. The second kappa shape index (κ2) is 4.92. The molecule has 0 amide bonds. The number of hydrogen-bond donors (Lipinski definition) is 2. The molecule has 0 saturated heterocycles. The maximum absolute atomic E-state index is 13.3. The summed E-state index contributed by atoms with van der Waals surface area (Å²) >= 11 is 0. The van der Waals surface area contributed by atoms with Crippen LogP contribution in [0.2, 0.25) is 0 Å². The van der Waals surface area contributed by atoms with Gasteiger partial charge in [-0.15, -0.1) is 0 Å². The predicted molar refractivity (Wildman–Crippen MR) is 76.6 cm³/mol. The molecule has 98 valence electrons. The van der Waals surface area contributed by atoms with Crippen LogP contribution in [0.15, 0.2) is 42.5 Å². The molecule has 19 heavy (non-hydrogen) atoms. The van der Waals surface area contributed by atoms with Crippen molar-refractivity contribution in [2.75, 3.05) is 11.1 Å². The zero-order valence-electron chi connectivity index (χ0n) is 10.7. The van der Waals surface area contributed by atoms with Crippen molar-refractivity contribution in [3.8, 4) is 0 Å². The molecule has 1 aliphatic rings. The molecule has 3 rings (SSSR count). The van der Waals surface area contributed by atoms with Gasteiger partial charge in [-0.05, 0) is 48.6 Å². The van der Waals surface area contributed by atoms with Crippen LogP contribution in [0.5, 0.6) is 0 Å². The van der Waals surface area contributed by atoms with Crippen LogP contribution in [0.3, 0.4) is 0 Å². The van der Waals surface area contributed by atoms with E-state index in [0.29, 0.717) is 11.4 Å². The third-order valence-electron chi connectivity index (χ3n) is 3.71. The van der Waals surface area contributed by atoms with E-state index in [0.717, 1.165) is 19.3 Å². The number of nitrogen functional groups attached to an aromatic ring is 1. The van der Waals surface area contributed by atoms with Crippen LogP contribution < -0.4 is 11.1 Å². The zero-order valence-corrected chi connectivity index (χ0v) is 10.7. The average Bonchev–Trinajstić information content (AvgIpc) is 2.43. The van der Waals surface area contributed by atoms with Gasteiger partial charge in [0.15, 0.2) is 0 Å². The van der Waals surface area contributed by atoms with Gasteiger partial charge in [0, 0.05) is 0 Å². The number of fused-ring (bicyclic) bond motifs is 1. The van der Waals surface area contributed by atoms with Gasteiger partial charge < -0.3 is 11.1 Å². The number of aryl methyl sites for hydroxylation is 1. The normalized spacial score (nSPS) is 17.8. The summed E-state index contributed by atoms with van der Waals surface area (Å²) in [5, 5.41) is 3.38. The van der Waals surface area contributed by atoms with Crippen LogP contribution in [-0.4, -0.2) is 0 Å². The molecule has 1 aliphatic carbocycles. The fourth-order valence-corrected chi connectivity index (χ4v) is 2.75. The van der Waals surface area contributed by atoms with E-state index >= 15 is 0 Å². The summed E-state index contributed by atoms with van der Waals surface area (Å²) in [6.07, 6.45) is 3.31. The first-order chi connectivity index (χ1) is 9.24. The second-order valence-corrected chi connectivity index (χ2v) is 5.02. The van der Waals surface area contributed by atoms with Crippen molar-refractivity contribution in [1.82, 2.24) is 0 Å². The molecule has 3 heteroatoms. The summed E-state index contributed by atoms with van der Waals surface area (Å²) in [6.45, 7) is 0. The summed E-state index contributed by atoms with van der Waals surface area (Å²) in [7, 11) is 0. The SMILES string of the molecule is Nc1ccc(F)cc1NC1CCCc2ccccc21. The minimum atomic E-state index is -0.263. The van der Waals surface area contributed by atoms with Gasteiger partial charge in [0.05, 0.1) is 17.4 Å². The summed E-state index contributed by atoms with van der Waals surface area (Å²) < 4.78 is 13.3. The molecular weight excluding hydrogens is 239 g/mol. The maximum atomic E-state index is 13.3. The van der Waals surface area contributed by atoms with Crippen LogP contribution in [0.1, 0.15) is 30.0 Å². The Kier molecular flexibility index (Phi) is 3.11. The molecular formula is C16H17FN2. The Balaban J connectivity index is 1.90. The first-order valence-electron chi connectivity index (χ1n) is 6.63. The van der Waals surface area contributed by atoms with Crippen molar-refractivity contribution < 1.29 is 4.39 Å². The maximum Gasteiger partial charge on any atom is 0.125 e. The van der Waals surface area contributed by atoms with Gasteiger partial charge in [0.25, 0.3) is 0 Å². The lowest BCUT2D eigenvalue weighted by Gasteiger charge is -2.27. The monoisotopic (exact) mass is 256 g/mol. The largest absolute Gasteiger partial charge is 0.397 e. The molecule has 2 nitrogen and oxygen atoms in total. The van der Waals surface area contributed by atoms with Crippen LogP contribution in [0.4, 0.5) is 15.8 Å². The molecule has 2 aromatic carbocycles. The van der Waals surface area contributed by atoms with Crippen molar-refractivity contribution in [3.63, 3.8) is 0 Å². The second-order valence-electron chi connectivity index (χ2n) is 5.02. The van der Waals surface area contributed by atoms with E-state index in [-0.39, 0.29) is 11.9 Å². The van der Waals surface area contributed by atoms with E-state index in [1.807, 2.05) is 6.07 Å². The molecule has 3 N–H and O–H groups in total. The molecule has 0 aromatic heterocycles. The Morgan fingerprint density at radius 3 is 2.89 bits per heavy atom. The summed E-state index contributed by atoms with van der Waals surface area (Å²) in [5.41, 5.74) is 9.85. The first kappa shape index (κ1) is 12.0. The van der Waals surface area contributed by atoms with Crippen molar-refractivity contribution in [3.05, 3.63) is 59.4 Å². The number of halogens is 1. The molecule has 1 atom stereocenters. The van der Waals surface area contributed by atoms with E-state index in [9.17, 15) is 4.39 Å². The fraction of sp³-hybridized carbons (Fsp3) is 0.250. The highest BCUT2D eigenvalue weighted by Crippen LogP contribution is 2.33. The summed E-state index contributed by atoms with van der Waals surface area (Å²) in [6, 6.07) is 13.1. The quantitative estimate of drug-likeness (QED) is 0.800. The molecule has 2 aromatic rings. The van der Waals surface area contributed by atoms with Gasteiger partial charge in [0.2, 0.25) is 0 Å². The van der Waals surface area contributed by atoms with E-state index in [4.69, 9.17) is 5.73 Å². The van der Waals surface area contributed by atoms with Gasteiger partial charge in [-0.25, -0.2) is 4.39 Å². The number of rotatable bonds is 2. The highest BCUT2D eigenvalue weighted by molar-refractivity contribution is 5.66. The lowest BCUT2D eigenvalue weighted by atomic mass is 9.87. The smallest absolute Gasteiger partial charge is 0.125 e. The molecule has 0 heterocycles. The molecule has 0 bridgehead atoms. The van der Waals surface area contributed by atoms with Crippen LogP contribution in [0.25, 0.3) is 0 Å². The van der Waals surface area contributed by atoms with Gasteiger partial charge in [-0.2, -0.15) is 0 Å². The average molecular weight is 256 g/mol. The lowest BCUT2D eigenvalue weighted by Crippen LogP contribution is -2.18. The number of benzene rings is 2. The van der Waals surface area contributed by atoms with Crippen LogP contribution >= 0.6 is 0 Å². The van der Waals surface area contributed by atoms with Crippen molar-refractivity contribution in [2.24, 2.45) is 0 Å². The number of nitrogens with one attached hydrogen (secondary N) is 1. The van der Waals surface area contributed by atoms with Gasteiger partial charge in [-0.3, -0.25) is 0 Å².